The summed E-state index contributed by atoms with van der Waals surface area (Å²) in [5, 5.41) is 15.4. The Morgan fingerprint density at radius 3 is 2.37 bits per heavy atom. The van der Waals surface area contributed by atoms with Gasteiger partial charge in [-0.3, -0.25) is 0 Å². The van der Waals surface area contributed by atoms with Gasteiger partial charge in [-0.1, -0.05) is 54.6 Å². The Bertz CT molecular complexity index is 1540. The fourth-order valence-electron chi connectivity index (χ4n) is 4.47. The van der Waals surface area contributed by atoms with Crippen LogP contribution in [0.25, 0.3) is 16.9 Å². The Hall–Kier alpha value is -5.03. The van der Waals surface area contributed by atoms with Crippen molar-refractivity contribution in [2.75, 3.05) is 20.8 Å². The van der Waals surface area contributed by atoms with Crippen LogP contribution >= 0.6 is 0 Å². The molecule has 0 saturated heterocycles. The summed E-state index contributed by atoms with van der Waals surface area (Å²) in [6.45, 7) is 2.29. The van der Waals surface area contributed by atoms with Crippen LogP contribution in [-0.4, -0.2) is 37.0 Å². The molecule has 0 radical (unpaired) electrons. The molecule has 0 N–H and O–H groups in total. The van der Waals surface area contributed by atoms with Crippen molar-refractivity contribution in [2.45, 2.75) is 12.8 Å². The molecule has 0 saturated carbocycles. The smallest absolute Gasteiger partial charge is 0.238 e. The highest BCUT2D eigenvalue weighted by molar-refractivity contribution is 5.72. The van der Waals surface area contributed by atoms with E-state index in [1.807, 2.05) is 85.8 Å². The highest BCUT2D eigenvalue weighted by Crippen LogP contribution is 2.49. The molecule has 0 unspecified atom stereocenters. The second kappa shape index (κ2) is 10.9. The number of methoxy groups -OCH3 is 2. The summed E-state index contributed by atoms with van der Waals surface area (Å²) in [5.74, 6) is 1.20. The molecule has 0 amide bonds. The predicted octanol–water partition coefficient (Wildman–Crippen LogP) is 5.88. The third-order valence-electron chi connectivity index (χ3n) is 6.20. The fraction of sp³-hybridized carbons (Fsp3) is 0.167. The van der Waals surface area contributed by atoms with E-state index in [1.54, 1.807) is 18.9 Å². The number of benzene rings is 3. The van der Waals surface area contributed by atoms with Gasteiger partial charge in [0.2, 0.25) is 11.8 Å². The third kappa shape index (κ3) is 4.46. The molecule has 2 heterocycles. The first-order valence-corrected chi connectivity index (χ1v) is 12.1. The Balaban J connectivity index is 1.83. The van der Waals surface area contributed by atoms with Crippen molar-refractivity contribution in [3.63, 3.8) is 0 Å². The highest BCUT2D eigenvalue weighted by Gasteiger charge is 2.38. The summed E-state index contributed by atoms with van der Waals surface area (Å²) < 4.78 is 24.5. The lowest BCUT2D eigenvalue weighted by Gasteiger charge is -2.25. The molecule has 1 aliphatic rings. The summed E-state index contributed by atoms with van der Waals surface area (Å²) in [4.78, 5) is 4.38. The largest absolute Gasteiger partial charge is 0.493 e. The van der Waals surface area contributed by atoms with E-state index in [4.69, 9.17) is 24.0 Å². The van der Waals surface area contributed by atoms with Crippen molar-refractivity contribution >= 4 is 6.40 Å². The van der Waals surface area contributed by atoms with Crippen LogP contribution in [0.15, 0.2) is 95.3 Å². The molecule has 190 valence electrons. The monoisotopic (exact) mass is 506 g/mol. The number of fused-ring (bicyclic) bond motifs is 1. The van der Waals surface area contributed by atoms with E-state index in [2.05, 4.69) is 11.1 Å². The number of rotatable bonds is 8. The van der Waals surface area contributed by atoms with Gasteiger partial charge in [-0.2, -0.15) is 20.0 Å². The number of nitriles is 1. The first-order valence-electron chi connectivity index (χ1n) is 12.1. The van der Waals surface area contributed by atoms with Crippen LogP contribution in [0.2, 0.25) is 0 Å². The zero-order chi connectivity index (χ0) is 26.5. The number of allylic oxidation sites excluding steroid dienone is 1. The molecule has 0 fully saturated rings. The average Bonchev–Trinajstić information content (AvgIpc) is 3.36. The van der Waals surface area contributed by atoms with Gasteiger partial charge in [0.25, 0.3) is 0 Å². The van der Waals surface area contributed by atoms with Gasteiger partial charge < -0.3 is 18.9 Å². The van der Waals surface area contributed by atoms with Gasteiger partial charge >= 0.3 is 0 Å². The number of aromatic nitrogens is 2. The minimum absolute atomic E-state index is 0.143. The quantitative estimate of drug-likeness (QED) is 0.219. The maximum Gasteiger partial charge on any atom is 0.238 e. The normalized spacial score (nSPS) is 14.5. The topological polar surface area (TPSA) is 90.9 Å². The van der Waals surface area contributed by atoms with Crippen molar-refractivity contribution in [2.24, 2.45) is 4.99 Å². The van der Waals surface area contributed by atoms with E-state index >= 15 is 0 Å². The zero-order valence-electron chi connectivity index (χ0n) is 21.3. The van der Waals surface area contributed by atoms with Crippen LogP contribution in [0.5, 0.6) is 17.4 Å². The van der Waals surface area contributed by atoms with Gasteiger partial charge in [0.1, 0.15) is 17.3 Å². The van der Waals surface area contributed by atoms with Gasteiger partial charge in [-0.15, -0.1) is 0 Å². The van der Waals surface area contributed by atoms with E-state index in [-0.39, 0.29) is 5.88 Å². The summed E-state index contributed by atoms with van der Waals surface area (Å²) >= 11 is 0. The lowest BCUT2D eigenvalue weighted by atomic mass is 9.83. The third-order valence-corrected chi connectivity index (χ3v) is 6.20. The number of para-hydroxylation sites is 1. The number of hydrogen-bond acceptors (Lipinski definition) is 7. The highest BCUT2D eigenvalue weighted by atomic mass is 16.5. The minimum Gasteiger partial charge on any atom is -0.493 e. The first-order chi connectivity index (χ1) is 18.7. The molecule has 0 bridgehead atoms. The van der Waals surface area contributed by atoms with Gasteiger partial charge in [0.05, 0.1) is 38.0 Å². The summed E-state index contributed by atoms with van der Waals surface area (Å²) in [6.07, 6.45) is 1.30. The van der Waals surface area contributed by atoms with E-state index in [9.17, 15) is 5.26 Å². The number of hydrogen-bond donors (Lipinski definition) is 0. The maximum atomic E-state index is 10.4. The average molecular weight is 507 g/mol. The molecule has 1 atom stereocenters. The van der Waals surface area contributed by atoms with Crippen LogP contribution in [0.4, 0.5) is 0 Å². The Kier molecular flexibility index (Phi) is 7.09. The number of ether oxygens (including phenoxy) is 4. The van der Waals surface area contributed by atoms with E-state index in [1.165, 1.54) is 6.40 Å². The predicted molar refractivity (Wildman–Crippen MR) is 144 cm³/mol. The Labute approximate surface area is 221 Å². The van der Waals surface area contributed by atoms with Crippen molar-refractivity contribution < 1.29 is 18.9 Å². The van der Waals surface area contributed by atoms with Crippen molar-refractivity contribution in [1.29, 1.82) is 5.26 Å². The molecular weight excluding hydrogens is 480 g/mol. The van der Waals surface area contributed by atoms with Gasteiger partial charge in [0, 0.05) is 5.56 Å². The van der Waals surface area contributed by atoms with Crippen LogP contribution in [0.1, 0.15) is 24.0 Å². The minimum atomic E-state index is -0.551. The molecule has 1 aliphatic heterocycles. The Morgan fingerprint density at radius 1 is 1.00 bits per heavy atom. The van der Waals surface area contributed by atoms with E-state index < -0.39 is 5.92 Å². The lowest BCUT2D eigenvalue weighted by molar-refractivity contribution is 0.331. The Morgan fingerprint density at radius 2 is 1.71 bits per heavy atom. The fourth-order valence-corrected chi connectivity index (χ4v) is 4.47. The molecule has 8 nitrogen and oxygen atoms in total. The number of nitrogens with zero attached hydrogens (tertiary/aromatic N) is 4. The second-order valence-electron chi connectivity index (χ2n) is 8.35. The number of aliphatic imine (C=N–C) groups is 1. The van der Waals surface area contributed by atoms with Crippen molar-refractivity contribution in [1.82, 2.24) is 9.78 Å². The van der Waals surface area contributed by atoms with Crippen LogP contribution < -0.4 is 14.2 Å². The SMILES string of the molecule is CCOC=NC1=C(C#N)[C@H](c2ccc(OC)c(OC)c2)c2c(-c3ccccc3)nn(-c3ccccc3)c2O1. The van der Waals surface area contributed by atoms with Crippen LogP contribution in [0, 0.1) is 11.3 Å². The zero-order valence-corrected chi connectivity index (χ0v) is 21.3. The van der Waals surface area contributed by atoms with E-state index in [0.29, 0.717) is 35.3 Å². The lowest BCUT2D eigenvalue weighted by Crippen LogP contribution is -2.17. The van der Waals surface area contributed by atoms with Crippen molar-refractivity contribution in [3.05, 3.63) is 101 Å². The summed E-state index contributed by atoms with van der Waals surface area (Å²) in [5.41, 5.74) is 4.28. The van der Waals surface area contributed by atoms with Gasteiger partial charge in [-0.25, -0.2) is 0 Å². The second-order valence-corrected chi connectivity index (χ2v) is 8.35. The first kappa shape index (κ1) is 24.7. The van der Waals surface area contributed by atoms with Crippen LogP contribution in [-0.2, 0) is 4.74 Å². The molecule has 0 aliphatic carbocycles. The molecule has 4 aromatic rings. The van der Waals surface area contributed by atoms with Crippen molar-refractivity contribution in [3.8, 4) is 40.4 Å². The molecular formula is C30H26N4O4. The molecule has 1 aromatic heterocycles. The molecule has 8 heteroatoms. The maximum absolute atomic E-state index is 10.4. The van der Waals surface area contributed by atoms with E-state index in [0.717, 1.165) is 22.4 Å². The van der Waals surface area contributed by atoms with Crippen LogP contribution in [0.3, 0.4) is 0 Å². The molecule has 5 rings (SSSR count). The molecule has 0 spiro atoms. The summed E-state index contributed by atoms with van der Waals surface area (Å²) in [7, 11) is 3.17. The van der Waals surface area contributed by atoms with Gasteiger partial charge in [0.15, 0.2) is 17.9 Å². The van der Waals surface area contributed by atoms with Gasteiger partial charge in [-0.05, 0) is 36.8 Å². The summed E-state index contributed by atoms with van der Waals surface area (Å²) in [6, 6.07) is 27.5. The molecule has 38 heavy (non-hydrogen) atoms. The molecule has 3 aromatic carbocycles. The standard InChI is InChI=1S/C30H26N4O4/c1-4-37-19-32-29-23(18-31)26(21-15-16-24(35-2)25(17-21)36-3)27-28(20-11-7-5-8-12-20)33-34(30(27)38-29)22-13-9-6-10-14-22/h5-17,19,26H,4H2,1-3H3/t26-/m0/s1.